The molecule has 6 nitrogen and oxygen atoms in total. The zero-order valence-electron chi connectivity index (χ0n) is 9.77. The van der Waals surface area contributed by atoms with Crippen molar-refractivity contribution in [1.29, 1.82) is 5.26 Å². The van der Waals surface area contributed by atoms with E-state index < -0.39 is 11.8 Å². The highest BCUT2D eigenvalue weighted by Gasteiger charge is 2.16. The molecule has 0 aromatic rings. The maximum Gasteiger partial charge on any atom is 0.513 e. The number of ether oxygens (including phenoxy) is 2. The molecule has 0 saturated heterocycles. The second-order valence-corrected chi connectivity index (χ2v) is 3.77. The lowest BCUT2D eigenvalue weighted by Crippen LogP contribution is -2.23. The largest absolute Gasteiger partial charge is 0.513 e. The fourth-order valence-corrected chi connectivity index (χ4v) is 0.608. The van der Waals surface area contributed by atoms with Gasteiger partial charge in [-0.1, -0.05) is 0 Å². The Morgan fingerprint density at radius 2 is 2.06 bits per heavy atom. The highest BCUT2D eigenvalue weighted by atomic mass is 17.2. The van der Waals surface area contributed by atoms with E-state index in [-0.39, 0.29) is 12.2 Å². The lowest BCUT2D eigenvalue weighted by Gasteiger charge is -2.17. The Labute approximate surface area is 94.3 Å². The van der Waals surface area contributed by atoms with Gasteiger partial charge in [0.2, 0.25) is 0 Å². The summed E-state index contributed by atoms with van der Waals surface area (Å²) in [5, 5.41) is 8.61. The summed E-state index contributed by atoms with van der Waals surface area (Å²) < 4.78 is 9.44. The van der Waals surface area contributed by atoms with E-state index in [2.05, 4.69) is 14.5 Å². The van der Waals surface area contributed by atoms with Crippen molar-refractivity contribution in [2.24, 2.45) is 0 Å². The molecule has 0 radical (unpaired) electrons. The molecule has 0 unspecified atom stereocenters. The average molecular weight is 229 g/mol. The van der Waals surface area contributed by atoms with Crippen LogP contribution in [0.25, 0.3) is 0 Å². The van der Waals surface area contributed by atoms with Crippen molar-refractivity contribution in [3.05, 3.63) is 11.8 Å². The minimum absolute atomic E-state index is 0.101. The molecule has 0 rings (SSSR count). The first-order valence-electron chi connectivity index (χ1n) is 4.53. The summed E-state index contributed by atoms with van der Waals surface area (Å²) >= 11 is 0. The highest BCUT2D eigenvalue weighted by Crippen LogP contribution is 2.08. The van der Waals surface area contributed by atoms with Crippen molar-refractivity contribution in [1.82, 2.24) is 0 Å². The Kier molecular flexibility index (Phi) is 6.15. The van der Waals surface area contributed by atoms with E-state index in [1.54, 1.807) is 26.8 Å². The normalized spacial score (nSPS) is 11.8. The first kappa shape index (κ1) is 14.4. The number of carbonyl (C=O) groups excluding carboxylic acids is 1. The van der Waals surface area contributed by atoms with Crippen LogP contribution in [0.15, 0.2) is 11.8 Å². The van der Waals surface area contributed by atoms with Crippen LogP contribution >= 0.6 is 0 Å². The minimum Gasteiger partial charge on any atom is -0.428 e. The Morgan fingerprint density at radius 1 is 1.44 bits per heavy atom. The fourth-order valence-electron chi connectivity index (χ4n) is 0.608. The summed E-state index contributed by atoms with van der Waals surface area (Å²) in [4.78, 5) is 19.9. The van der Waals surface area contributed by atoms with Gasteiger partial charge >= 0.3 is 6.16 Å². The number of nitrogens with zero attached hydrogens (tertiary/aromatic N) is 1. The molecule has 0 bridgehead atoms. The van der Waals surface area contributed by atoms with Crippen LogP contribution in [-0.4, -0.2) is 25.5 Å². The molecular formula is C10H15NO5. The molecule has 0 fully saturated rings. The molecule has 0 aromatic heterocycles. The molecule has 0 spiro atoms. The third kappa shape index (κ3) is 7.79. The quantitative estimate of drug-likeness (QED) is 0.241. The second-order valence-electron chi connectivity index (χ2n) is 3.77. The van der Waals surface area contributed by atoms with Crippen LogP contribution in [0, 0.1) is 11.3 Å². The van der Waals surface area contributed by atoms with E-state index in [1.165, 1.54) is 7.11 Å². The molecule has 0 aliphatic rings. The van der Waals surface area contributed by atoms with E-state index in [9.17, 15) is 4.79 Å². The van der Waals surface area contributed by atoms with E-state index in [0.29, 0.717) is 0 Å². The summed E-state index contributed by atoms with van der Waals surface area (Å²) in [6.07, 6.45) is 0.0882. The van der Waals surface area contributed by atoms with Crippen LogP contribution in [0.4, 0.5) is 4.79 Å². The number of carbonyl (C=O) groups is 1. The molecule has 0 atom stereocenters. The third-order valence-corrected chi connectivity index (χ3v) is 1.16. The predicted molar refractivity (Wildman–Crippen MR) is 54.0 cm³/mol. The molecule has 0 aliphatic heterocycles. The SMILES string of the molecule is COOC/C(C#N)=C\OC(=O)OC(C)(C)C. The molecule has 0 N–H and O–H groups in total. The zero-order chi connectivity index (χ0) is 12.6. The highest BCUT2D eigenvalue weighted by molar-refractivity contribution is 5.61. The lowest BCUT2D eigenvalue weighted by molar-refractivity contribution is -0.264. The Balaban J connectivity index is 4.14. The fraction of sp³-hybridized carbons (Fsp3) is 0.600. The molecule has 90 valence electrons. The van der Waals surface area contributed by atoms with Crippen LogP contribution in [0.2, 0.25) is 0 Å². The van der Waals surface area contributed by atoms with Gasteiger partial charge in [0.25, 0.3) is 0 Å². The van der Waals surface area contributed by atoms with Gasteiger partial charge in [-0.3, -0.25) is 0 Å². The molecule has 16 heavy (non-hydrogen) atoms. The molecule has 0 aliphatic carbocycles. The van der Waals surface area contributed by atoms with Crippen LogP contribution in [-0.2, 0) is 19.2 Å². The molecule has 0 heterocycles. The van der Waals surface area contributed by atoms with E-state index in [4.69, 9.17) is 10.00 Å². The van der Waals surface area contributed by atoms with Gasteiger partial charge < -0.3 is 9.47 Å². The number of rotatable bonds is 4. The zero-order valence-corrected chi connectivity index (χ0v) is 9.77. The predicted octanol–water partition coefficient (Wildman–Crippen LogP) is 1.92. The Morgan fingerprint density at radius 3 is 2.50 bits per heavy atom. The topological polar surface area (TPSA) is 77.8 Å². The summed E-state index contributed by atoms with van der Waals surface area (Å²) in [6.45, 7) is 5.02. The van der Waals surface area contributed by atoms with Crippen molar-refractivity contribution in [2.45, 2.75) is 26.4 Å². The standard InChI is InChI=1S/C10H15NO5/c1-10(2,3)16-9(12)14-6-8(5-11)7-15-13-4/h6H,7H2,1-4H3/b8-6-. The number of hydrogen-bond acceptors (Lipinski definition) is 6. The maximum absolute atomic E-state index is 11.1. The Hall–Kier alpha value is -1.58. The maximum atomic E-state index is 11.1. The lowest BCUT2D eigenvalue weighted by atomic mass is 10.2. The first-order valence-corrected chi connectivity index (χ1v) is 4.53. The van der Waals surface area contributed by atoms with Crippen LogP contribution in [0.5, 0.6) is 0 Å². The molecule has 0 aromatic carbocycles. The van der Waals surface area contributed by atoms with Gasteiger partial charge in [0.15, 0.2) is 0 Å². The van der Waals surface area contributed by atoms with Crippen molar-refractivity contribution in [3.8, 4) is 6.07 Å². The summed E-state index contributed by atoms with van der Waals surface area (Å²) in [5.74, 6) is 0. The smallest absolute Gasteiger partial charge is 0.428 e. The van der Waals surface area contributed by atoms with Gasteiger partial charge in [-0.2, -0.15) is 5.26 Å². The third-order valence-electron chi connectivity index (χ3n) is 1.16. The van der Waals surface area contributed by atoms with E-state index in [0.717, 1.165) is 6.26 Å². The summed E-state index contributed by atoms with van der Waals surface area (Å²) in [6, 6.07) is 1.78. The van der Waals surface area contributed by atoms with Crippen molar-refractivity contribution in [2.75, 3.05) is 13.7 Å². The van der Waals surface area contributed by atoms with Crippen molar-refractivity contribution >= 4 is 6.16 Å². The minimum atomic E-state index is -0.877. The van der Waals surface area contributed by atoms with Gasteiger partial charge in [-0.05, 0) is 20.8 Å². The van der Waals surface area contributed by atoms with Crippen LogP contribution in [0.1, 0.15) is 20.8 Å². The monoisotopic (exact) mass is 229 g/mol. The van der Waals surface area contributed by atoms with Gasteiger partial charge in [0.05, 0.1) is 12.7 Å². The van der Waals surface area contributed by atoms with Crippen molar-refractivity contribution in [3.63, 3.8) is 0 Å². The number of nitriles is 1. The number of hydrogen-bond donors (Lipinski definition) is 0. The van der Waals surface area contributed by atoms with Crippen molar-refractivity contribution < 1.29 is 24.0 Å². The summed E-state index contributed by atoms with van der Waals surface area (Å²) in [5.41, 5.74) is -0.534. The molecule has 0 saturated carbocycles. The van der Waals surface area contributed by atoms with Gasteiger partial charge in [0, 0.05) is 0 Å². The van der Waals surface area contributed by atoms with Crippen LogP contribution in [0.3, 0.4) is 0 Å². The Bertz CT molecular complexity index is 297. The van der Waals surface area contributed by atoms with Crippen LogP contribution < -0.4 is 0 Å². The van der Waals surface area contributed by atoms with E-state index >= 15 is 0 Å². The second kappa shape index (κ2) is 6.82. The first-order chi connectivity index (χ1) is 7.39. The molecule has 0 amide bonds. The van der Waals surface area contributed by atoms with Gasteiger partial charge in [-0.15, -0.1) is 0 Å². The molecule has 6 heteroatoms. The average Bonchev–Trinajstić information content (AvgIpc) is 2.15. The molecular weight excluding hydrogens is 214 g/mol. The van der Waals surface area contributed by atoms with E-state index in [1.807, 2.05) is 0 Å². The van der Waals surface area contributed by atoms with Gasteiger partial charge in [0.1, 0.15) is 24.5 Å². The van der Waals surface area contributed by atoms with Gasteiger partial charge in [-0.25, -0.2) is 14.6 Å². The summed E-state index contributed by atoms with van der Waals surface area (Å²) in [7, 11) is 1.31.